The highest BCUT2D eigenvalue weighted by molar-refractivity contribution is 5.73. The van der Waals surface area contributed by atoms with Crippen LogP contribution in [0.2, 0.25) is 0 Å². The molecule has 0 aliphatic rings. The number of aldehydes is 1. The summed E-state index contributed by atoms with van der Waals surface area (Å²) in [6.45, 7) is 5.24. The molecule has 0 radical (unpaired) electrons. The van der Waals surface area contributed by atoms with Gasteiger partial charge in [-0.3, -0.25) is 0 Å². The van der Waals surface area contributed by atoms with Gasteiger partial charge in [-0.05, 0) is 50.5 Å². The van der Waals surface area contributed by atoms with E-state index in [0.717, 1.165) is 11.1 Å². The van der Waals surface area contributed by atoms with Crippen LogP contribution in [0.5, 0.6) is 5.75 Å². The van der Waals surface area contributed by atoms with Crippen molar-refractivity contribution in [3.8, 4) is 5.75 Å². The first-order valence-corrected chi connectivity index (χ1v) is 9.61. The molecule has 0 saturated carbocycles. The number of amides is 1. The second kappa shape index (κ2) is 11.0. The maximum absolute atomic E-state index is 11.8. The summed E-state index contributed by atoms with van der Waals surface area (Å²) < 4.78 is 15.7. The van der Waals surface area contributed by atoms with E-state index >= 15 is 0 Å². The molecule has 0 saturated heterocycles. The number of esters is 1. The van der Waals surface area contributed by atoms with E-state index < -0.39 is 23.7 Å². The number of hydrogen-bond donors (Lipinski definition) is 1. The zero-order chi connectivity index (χ0) is 22.0. The summed E-state index contributed by atoms with van der Waals surface area (Å²) in [5.74, 6) is 0.0312. The largest absolute Gasteiger partial charge is 0.482 e. The van der Waals surface area contributed by atoms with Gasteiger partial charge >= 0.3 is 12.1 Å². The number of carbonyl (C=O) groups is 3. The molecular weight excluding hydrogens is 386 g/mol. The molecule has 30 heavy (non-hydrogen) atoms. The van der Waals surface area contributed by atoms with Crippen molar-refractivity contribution >= 4 is 18.3 Å². The highest BCUT2D eigenvalue weighted by Crippen LogP contribution is 2.14. The molecule has 0 aromatic heterocycles. The van der Waals surface area contributed by atoms with Crippen molar-refractivity contribution in [2.45, 2.75) is 45.4 Å². The van der Waals surface area contributed by atoms with Crippen molar-refractivity contribution in [2.75, 3.05) is 6.61 Å². The number of alkyl carbamates (subject to hydrolysis) is 1. The van der Waals surface area contributed by atoms with E-state index in [9.17, 15) is 14.4 Å². The molecule has 2 aromatic carbocycles. The third-order valence-corrected chi connectivity index (χ3v) is 3.84. The molecule has 0 spiro atoms. The molecule has 1 amide bonds. The summed E-state index contributed by atoms with van der Waals surface area (Å²) in [5, 5.41) is 2.53. The van der Waals surface area contributed by atoms with E-state index in [1.807, 2.05) is 30.3 Å². The number of carbonyl (C=O) groups excluding carboxylic acids is 3. The minimum absolute atomic E-state index is 0.194. The van der Waals surface area contributed by atoms with Crippen molar-refractivity contribution in [1.29, 1.82) is 0 Å². The van der Waals surface area contributed by atoms with Crippen LogP contribution in [0.4, 0.5) is 4.79 Å². The topological polar surface area (TPSA) is 90.9 Å². The highest BCUT2D eigenvalue weighted by atomic mass is 16.6. The van der Waals surface area contributed by atoms with E-state index in [1.54, 1.807) is 45.0 Å². The molecule has 7 nitrogen and oxygen atoms in total. The number of nitrogens with one attached hydrogen (secondary N) is 1. The lowest BCUT2D eigenvalue weighted by atomic mass is 10.1. The first-order chi connectivity index (χ1) is 14.2. The number of benzene rings is 2. The number of hydrogen-bond acceptors (Lipinski definition) is 6. The number of rotatable bonds is 9. The van der Waals surface area contributed by atoms with Crippen LogP contribution in [0.15, 0.2) is 54.6 Å². The Hall–Kier alpha value is -3.35. The average Bonchev–Trinajstić information content (AvgIpc) is 2.70. The third-order valence-electron chi connectivity index (χ3n) is 3.84. The summed E-state index contributed by atoms with van der Waals surface area (Å²) in [7, 11) is 0. The zero-order valence-corrected chi connectivity index (χ0v) is 17.4. The first kappa shape index (κ1) is 22.9. The predicted molar refractivity (Wildman–Crippen MR) is 111 cm³/mol. The highest BCUT2D eigenvalue weighted by Gasteiger charge is 2.19. The van der Waals surface area contributed by atoms with E-state index in [4.69, 9.17) is 14.2 Å². The maximum atomic E-state index is 11.8. The Morgan fingerprint density at radius 1 is 1.00 bits per heavy atom. The number of ether oxygens (including phenoxy) is 3. The molecule has 0 unspecified atom stereocenters. The monoisotopic (exact) mass is 413 g/mol. The van der Waals surface area contributed by atoms with Crippen LogP contribution >= 0.6 is 0 Å². The maximum Gasteiger partial charge on any atom is 0.408 e. The van der Waals surface area contributed by atoms with E-state index in [1.165, 1.54) is 0 Å². The van der Waals surface area contributed by atoms with Gasteiger partial charge in [-0.15, -0.1) is 0 Å². The predicted octanol–water partition coefficient (Wildman–Crippen LogP) is 3.44. The van der Waals surface area contributed by atoms with E-state index in [0.29, 0.717) is 18.5 Å². The zero-order valence-electron chi connectivity index (χ0n) is 17.4. The summed E-state index contributed by atoms with van der Waals surface area (Å²) in [6.07, 6.45) is 0.327. The Labute approximate surface area is 176 Å². The summed E-state index contributed by atoms with van der Waals surface area (Å²) >= 11 is 0. The minimum Gasteiger partial charge on any atom is -0.482 e. The van der Waals surface area contributed by atoms with Gasteiger partial charge in [0.25, 0.3) is 0 Å². The Morgan fingerprint density at radius 2 is 1.67 bits per heavy atom. The van der Waals surface area contributed by atoms with Crippen molar-refractivity contribution in [2.24, 2.45) is 0 Å². The third kappa shape index (κ3) is 8.77. The molecular formula is C23H27NO6. The normalized spacial score (nSPS) is 11.8. The summed E-state index contributed by atoms with van der Waals surface area (Å²) in [6, 6.07) is 15.6. The van der Waals surface area contributed by atoms with Crippen LogP contribution in [0.1, 0.15) is 31.9 Å². The second-order valence-electron chi connectivity index (χ2n) is 7.67. The molecule has 0 bridgehead atoms. The Morgan fingerprint density at radius 3 is 2.27 bits per heavy atom. The Kier molecular flexibility index (Phi) is 8.41. The van der Waals surface area contributed by atoms with Crippen LogP contribution in [-0.4, -0.2) is 36.6 Å². The van der Waals surface area contributed by atoms with Gasteiger partial charge in [0.2, 0.25) is 0 Å². The molecule has 0 heterocycles. The van der Waals surface area contributed by atoms with E-state index in [2.05, 4.69) is 5.32 Å². The fourth-order valence-corrected chi connectivity index (χ4v) is 2.49. The quantitative estimate of drug-likeness (QED) is 0.500. The van der Waals surface area contributed by atoms with Crippen molar-refractivity contribution < 1.29 is 28.6 Å². The van der Waals surface area contributed by atoms with Crippen LogP contribution < -0.4 is 10.1 Å². The van der Waals surface area contributed by atoms with Crippen LogP contribution in [0.3, 0.4) is 0 Å². The van der Waals surface area contributed by atoms with Gasteiger partial charge in [0, 0.05) is 0 Å². The molecule has 1 N–H and O–H groups in total. The molecule has 0 aliphatic carbocycles. The molecule has 2 rings (SSSR count). The van der Waals surface area contributed by atoms with Crippen molar-refractivity contribution in [3.05, 3.63) is 65.7 Å². The first-order valence-electron chi connectivity index (χ1n) is 9.61. The van der Waals surface area contributed by atoms with Crippen LogP contribution in [0, 0.1) is 0 Å². The molecule has 0 fully saturated rings. The van der Waals surface area contributed by atoms with Crippen molar-refractivity contribution in [3.63, 3.8) is 0 Å². The van der Waals surface area contributed by atoms with Crippen molar-refractivity contribution in [1.82, 2.24) is 5.32 Å². The fourth-order valence-electron chi connectivity index (χ4n) is 2.49. The minimum atomic E-state index is -0.709. The molecule has 1 atom stereocenters. The second-order valence-corrected chi connectivity index (χ2v) is 7.67. The van der Waals surface area contributed by atoms with Gasteiger partial charge in [0.1, 0.15) is 24.2 Å². The average molecular weight is 413 g/mol. The van der Waals surface area contributed by atoms with Gasteiger partial charge < -0.3 is 24.3 Å². The molecule has 2 aromatic rings. The van der Waals surface area contributed by atoms with Gasteiger partial charge in [-0.1, -0.05) is 42.5 Å². The molecule has 0 aliphatic heterocycles. The summed E-state index contributed by atoms with van der Waals surface area (Å²) in [4.78, 5) is 34.9. The smallest absolute Gasteiger partial charge is 0.408 e. The lowest BCUT2D eigenvalue weighted by Crippen LogP contribution is -2.41. The van der Waals surface area contributed by atoms with Crippen LogP contribution in [-0.2, 0) is 32.1 Å². The van der Waals surface area contributed by atoms with Gasteiger partial charge in [-0.25, -0.2) is 9.59 Å². The molecule has 160 valence electrons. The Balaban J connectivity index is 1.77. The van der Waals surface area contributed by atoms with Gasteiger partial charge in [0.05, 0.1) is 6.04 Å². The SMILES string of the molecule is CC(C)(C)OC(=O)N[C@H](C=O)Cc1ccc(OCC(=O)OCc2ccccc2)cc1. The lowest BCUT2D eigenvalue weighted by Gasteiger charge is -2.21. The fraction of sp³-hybridized carbons (Fsp3) is 0.348. The molecule has 7 heteroatoms. The summed E-state index contributed by atoms with van der Waals surface area (Å²) in [5.41, 5.74) is 1.08. The van der Waals surface area contributed by atoms with Gasteiger partial charge in [0.15, 0.2) is 6.61 Å². The lowest BCUT2D eigenvalue weighted by molar-refractivity contribution is -0.147. The Bertz CT molecular complexity index is 827. The standard InChI is InChI=1S/C23H27NO6/c1-23(2,3)30-22(27)24-19(14-25)13-17-9-11-20(12-10-17)28-16-21(26)29-15-18-7-5-4-6-8-18/h4-12,14,19H,13,15-16H2,1-3H3,(H,24,27)/t19-/m0/s1. The van der Waals surface area contributed by atoms with Gasteiger partial charge in [-0.2, -0.15) is 0 Å². The van der Waals surface area contributed by atoms with Crippen LogP contribution in [0.25, 0.3) is 0 Å². The van der Waals surface area contributed by atoms with E-state index in [-0.39, 0.29) is 13.2 Å².